The SMILES string of the molecule is COc1ccc(CCN(C)C(=O)c2csc(CN(Cc3ccc(C(C)(C)C)cc3)Cc3ccc4c(c3)OCO4)n2)cc1OC.COc1ccc(CN(Cc2ccc3c(c2)OCO3)Cc2nc(C(=O)NCCc3ccccc3)cs2)cc1.Cc1ccc(CN(Cc2ccc3c(c2)OCO3)Cc2nc(C(=O)NCC(C)C)cs2)cc1. The van der Waals surface area contributed by atoms with Gasteiger partial charge in [-0.25, -0.2) is 15.0 Å². The number of methoxy groups -OCH3 is 3. The van der Waals surface area contributed by atoms with Crippen LogP contribution in [-0.2, 0) is 77.2 Å². The third-order valence-corrected chi connectivity index (χ3v) is 21.5. The maximum absolute atomic E-state index is 13.3. The lowest BCUT2D eigenvalue weighted by Gasteiger charge is -2.23. The van der Waals surface area contributed by atoms with Crippen LogP contribution in [0.2, 0.25) is 0 Å². The molecule has 6 heterocycles. The molecule has 3 aliphatic rings. The predicted octanol–water partition coefficient (Wildman–Crippen LogP) is 16.5. The molecule has 0 unspecified atom stereocenters. The molecule has 3 aromatic heterocycles. The van der Waals surface area contributed by atoms with E-state index in [4.69, 9.17) is 47.6 Å². The van der Waals surface area contributed by atoms with Crippen LogP contribution >= 0.6 is 34.0 Å². The molecule has 113 heavy (non-hydrogen) atoms. The Labute approximate surface area is 674 Å². The van der Waals surface area contributed by atoms with E-state index in [9.17, 15) is 14.4 Å². The molecule has 0 saturated carbocycles. The lowest BCUT2D eigenvalue weighted by molar-refractivity contribution is 0.0790. The Balaban J connectivity index is 0.000000159. The zero-order chi connectivity index (χ0) is 79.2. The number of ether oxygens (including phenoxy) is 9. The van der Waals surface area contributed by atoms with E-state index in [0.717, 1.165) is 116 Å². The number of aryl methyl sites for hydroxylation is 1. The van der Waals surface area contributed by atoms with E-state index in [1.54, 1.807) is 26.2 Å². The number of benzene rings is 8. The average molecular weight is 1580 g/mol. The van der Waals surface area contributed by atoms with E-state index in [-0.39, 0.29) is 43.5 Å². The third-order valence-electron chi connectivity index (χ3n) is 19.0. The van der Waals surface area contributed by atoms with Crippen LogP contribution < -0.4 is 53.3 Å². The number of carbonyl (C=O) groups is 3. The van der Waals surface area contributed by atoms with Crippen molar-refractivity contribution in [1.29, 1.82) is 0 Å². The summed E-state index contributed by atoms with van der Waals surface area (Å²) in [5.74, 6) is 6.92. The molecule has 0 spiro atoms. The molecule has 0 atom stereocenters. The summed E-state index contributed by atoms with van der Waals surface area (Å²) in [7, 11) is 6.72. The zero-order valence-electron chi connectivity index (χ0n) is 65.8. The number of aromatic nitrogens is 3. The number of nitrogens with zero attached hydrogens (tertiary/aromatic N) is 7. The predicted molar refractivity (Wildman–Crippen MR) is 442 cm³/mol. The molecule has 0 aliphatic carbocycles. The Morgan fingerprint density at radius 1 is 0.442 bits per heavy atom. The number of carbonyl (C=O) groups excluding carboxylic acids is 3. The monoisotopic (exact) mass is 1580 g/mol. The average Bonchev–Trinajstić information content (AvgIpc) is 1.59. The topological polar surface area (TPSA) is 210 Å². The van der Waals surface area contributed by atoms with Gasteiger partial charge in [0.15, 0.2) is 46.0 Å². The van der Waals surface area contributed by atoms with E-state index in [1.807, 2.05) is 108 Å². The summed E-state index contributed by atoms with van der Waals surface area (Å²) in [5, 5.41) is 14.2. The van der Waals surface area contributed by atoms with E-state index in [0.29, 0.717) is 93.3 Å². The van der Waals surface area contributed by atoms with Crippen molar-refractivity contribution in [3.63, 3.8) is 0 Å². The van der Waals surface area contributed by atoms with Gasteiger partial charge in [-0.2, -0.15) is 0 Å². The Kier molecular flexibility index (Phi) is 28.6. The van der Waals surface area contributed by atoms with Crippen molar-refractivity contribution in [2.45, 2.75) is 119 Å². The van der Waals surface area contributed by atoms with Crippen LogP contribution in [0.1, 0.15) is 137 Å². The Bertz CT molecular complexity index is 4930. The molecule has 8 aromatic carbocycles. The van der Waals surface area contributed by atoms with Gasteiger partial charge in [-0.1, -0.05) is 155 Å². The molecule has 2 N–H and O–H groups in total. The Morgan fingerprint density at radius 2 is 0.858 bits per heavy atom. The molecule has 0 fully saturated rings. The minimum atomic E-state index is -0.143. The second kappa shape index (κ2) is 39.5. The van der Waals surface area contributed by atoms with Gasteiger partial charge in [0.2, 0.25) is 20.4 Å². The number of amides is 3. The quantitative estimate of drug-likeness (QED) is 0.0401. The molecular weight excluding hydrogens is 1480 g/mol. The number of hydrogen-bond acceptors (Lipinski definition) is 21. The van der Waals surface area contributed by atoms with Crippen molar-refractivity contribution >= 4 is 51.7 Å². The highest BCUT2D eigenvalue weighted by Crippen LogP contribution is 2.37. The summed E-state index contributed by atoms with van der Waals surface area (Å²) in [6, 6.07) is 59.6. The van der Waals surface area contributed by atoms with E-state index < -0.39 is 0 Å². The van der Waals surface area contributed by atoms with Crippen LogP contribution in [0.25, 0.3) is 0 Å². The summed E-state index contributed by atoms with van der Waals surface area (Å²) in [6.07, 6.45) is 1.48. The van der Waals surface area contributed by atoms with Crippen LogP contribution in [0.4, 0.5) is 0 Å². The van der Waals surface area contributed by atoms with Crippen molar-refractivity contribution in [1.82, 2.24) is 45.2 Å². The van der Waals surface area contributed by atoms with E-state index in [1.165, 1.54) is 61.8 Å². The minimum Gasteiger partial charge on any atom is -0.497 e. The van der Waals surface area contributed by atoms with Crippen LogP contribution in [0.15, 0.2) is 192 Å². The fourth-order valence-electron chi connectivity index (χ4n) is 12.8. The molecule has 21 nitrogen and oxygen atoms in total. The van der Waals surface area contributed by atoms with Gasteiger partial charge in [0.25, 0.3) is 17.7 Å². The summed E-state index contributed by atoms with van der Waals surface area (Å²) >= 11 is 4.55. The summed E-state index contributed by atoms with van der Waals surface area (Å²) in [6.45, 7) is 21.7. The lowest BCUT2D eigenvalue weighted by atomic mass is 9.87. The third kappa shape index (κ3) is 23.9. The number of rotatable bonds is 32. The second-order valence-corrected chi connectivity index (χ2v) is 32.2. The van der Waals surface area contributed by atoms with Crippen LogP contribution in [0, 0.1) is 12.8 Å². The highest BCUT2D eigenvalue weighted by atomic mass is 32.1. The van der Waals surface area contributed by atoms with Gasteiger partial charge in [-0.15, -0.1) is 34.0 Å². The normalized spacial score (nSPS) is 12.3. The lowest BCUT2D eigenvalue weighted by Crippen LogP contribution is -2.29. The molecule has 14 rings (SSSR count). The smallest absolute Gasteiger partial charge is 0.273 e. The molecule has 24 heteroatoms. The number of hydrogen-bond donors (Lipinski definition) is 2. The van der Waals surface area contributed by atoms with Crippen LogP contribution in [0.3, 0.4) is 0 Å². The molecule has 0 saturated heterocycles. The Hall–Kier alpha value is -10.9. The van der Waals surface area contributed by atoms with E-state index in [2.05, 4.69) is 168 Å². The maximum Gasteiger partial charge on any atom is 0.273 e. The van der Waals surface area contributed by atoms with Crippen molar-refractivity contribution in [2.24, 2.45) is 5.92 Å². The number of likely N-dealkylation sites (N-methyl/N-ethyl adjacent to an activating group) is 1. The summed E-state index contributed by atoms with van der Waals surface area (Å²) in [4.78, 5) is 61.0. The molecule has 11 aromatic rings. The summed E-state index contributed by atoms with van der Waals surface area (Å²) < 4.78 is 49.2. The molecule has 3 aliphatic heterocycles. The van der Waals surface area contributed by atoms with E-state index >= 15 is 0 Å². The fourth-order valence-corrected chi connectivity index (χ4v) is 15.2. The van der Waals surface area contributed by atoms with Crippen molar-refractivity contribution in [3.8, 4) is 51.7 Å². The highest BCUT2D eigenvalue weighted by molar-refractivity contribution is 7.10. The first-order valence-corrected chi connectivity index (χ1v) is 40.4. The first-order chi connectivity index (χ1) is 54.7. The minimum absolute atomic E-state index is 0.0898. The summed E-state index contributed by atoms with van der Waals surface area (Å²) in [5.41, 5.74) is 13.3. The van der Waals surface area contributed by atoms with Gasteiger partial charge in [0.1, 0.15) is 37.9 Å². The maximum atomic E-state index is 13.3. The van der Waals surface area contributed by atoms with Gasteiger partial charge < -0.3 is 58.2 Å². The van der Waals surface area contributed by atoms with Gasteiger partial charge >= 0.3 is 0 Å². The number of nitrogens with one attached hydrogen (secondary N) is 2. The number of thiazole rings is 3. The number of fused-ring (bicyclic) bond motifs is 3. The molecule has 0 bridgehead atoms. The molecular formula is C89H99N9O12S3. The van der Waals surface area contributed by atoms with Gasteiger partial charge in [-0.3, -0.25) is 29.1 Å². The zero-order valence-corrected chi connectivity index (χ0v) is 68.3. The second-order valence-electron chi connectivity index (χ2n) is 29.4. The van der Waals surface area contributed by atoms with Gasteiger partial charge in [0.05, 0.1) is 41.0 Å². The standard InChI is InChI=1S/C35H41N3O5S.C29H29N3O4S.C25H29N3O3S/c1-35(2,3)27-11-7-25(8-12-27)19-38(20-26-10-14-30-32(18-26)43-23-42-30)21-33-36-28(22-44-33)34(39)37(4)16-15-24-9-13-29(40-5)31(17-24)41-6;1-34-24-10-7-22(8-11-24)16-32(17-23-9-12-26-27(15-23)36-20-35-26)18-28-31-25(19-37-28)29(33)30-14-13-21-5-3-2-4-6-21;1-17(2)11-26-25(29)21-15-32-24(27-21)14-28(12-19-6-4-18(3)5-7-19)13-20-8-9-22-23(10-20)31-16-30-22/h7-14,17-18,22H,15-16,19-21,23H2,1-6H3;2-12,15,19H,13-14,16-18,20H2,1H3,(H,30,33);4-10,15,17H,11-14,16H2,1-3H3,(H,26,29). The van der Waals surface area contributed by atoms with Gasteiger partial charge in [0, 0.05) is 82.1 Å². The van der Waals surface area contributed by atoms with Crippen molar-refractivity contribution < 1.29 is 57.0 Å². The van der Waals surface area contributed by atoms with Crippen molar-refractivity contribution in [3.05, 3.63) is 280 Å². The molecule has 3 amide bonds. The Morgan fingerprint density at radius 3 is 1.32 bits per heavy atom. The van der Waals surface area contributed by atoms with Gasteiger partial charge in [-0.05, 0) is 142 Å². The highest BCUT2D eigenvalue weighted by Gasteiger charge is 2.24. The first kappa shape index (κ1) is 81.6. The first-order valence-electron chi connectivity index (χ1n) is 37.8. The molecule has 590 valence electrons. The van der Waals surface area contributed by atoms with Crippen LogP contribution in [-0.4, -0.2) is 121 Å². The van der Waals surface area contributed by atoms with Crippen LogP contribution in [0.5, 0.6) is 51.7 Å². The fraction of sp³-hybridized carbons (Fsp3) is 0.326. The van der Waals surface area contributed by atoms with Crippen molar-refractivity contribution in [2.75, 3.05) is 68.4 Å². The largest absolute Gasteiger partial charge is 0.497 e. The molecule has 0 radical (unpaired) electrons.